The van der Waals surface area contributed by atoms with Crippen molar-refractivity contribution in [2.75, 3.05) is 0 Å². The normalized spacial score (nSPS) is 15.1. The zero-order chi connectivity index (χ0) is 20.6. The largest absolute Gasteiger partial charge is 0.352 e. The zero-order valence-electron chi connectivity index (χ0n) is 16.9. The molecule has 1 unspecified atom stereocenters. The van der Waals surface area contributed by atoms with E-state index in [9.17, 15) is 9.59 Å². The van der Waals surface area contributed by atoms with E-state index in [1.165, 1.54) is 0 Å². The minimum Gasteiger partial charge on any atom is -0.352 e. The first kappa shape index (κ1) is 21.4. The van der Waals surface area contributed by atoms with E-state index in [0.717, 1.165) is 36.8 Å². The van der Waals surface area contributed by atoms with Gasteiger partial charge in [0, 0.05) is 24.0 Å². The van der Waals surface area contributed by atoms with Crippen molar-refractivity contribution < 1.29 is 9.59 Å². The molecule has 4 nitrogen and oxygen atoms in total. The summed E-state index contributed by atoms with van der Waals surface area (Å²) in [6, 6.07) is 17.1. The van der Waals surface area contributed by atoms with Crippen molar-refractivity contribution >= 4 is 23.4 Å². The van der Waals surface area contributed by atoms with Crippen LogP contribution in [0.2, 0.25) is 5.02 Å². The molecule has 3 rings (SSSR count). The Morgan fingerprint density at radius 3 is 2.41 bits per heavy atom. The summed E-state index contributed by atoms with van der Waals surface area (Å²) < 4.78 is 0. The predicted octanol–water partition coefficient (Wildman–Crippen LogP) is 4.75. The predicted molar refractivity (Wildman–Crippen MR) is 117 cm³/mol. The van der Waals surface area contributed by atoms with Gasteiger partial charge in [-0.1, -0.05) is 73.0 Å². The smallest absolute Gasteiger partial charge is 0.242 e. The second-order valence-corrected chi connectivity index (χ2v) is 8.17. The third-order valence-electron chi connectivity index (χ3n) is 5.64. The van der Waals surface area contributed by atoms with E-state index < -0.39 is 6.04 Å². The number of halogens is 1. The molecule has 0 saturated heterocycles. The number of hydrogen-bond donors (Lipinski definition) is 1. The summed E-state index contributed by atoms with van der Waals surface area (Å²) in [6.07, 6.45) is 5.35. The van der Waals surface area contributed by atoms with E-state index in [1.54, 1.807) is 4.90 Å². The van der Waals surface area contributed by atoms with Gasteiger partial charge in [-0.2, -0.15) is 0 Å². The molecule has 1 aliphatic carbocycles. The fourth-order valence-corrected chi connectivity index (χ4v) is 4.02. The third-order valence-corrected chi connectivity index (χ3v) is 6.01. The number of nitrogens with zero attached hydrogens (tertiary/aromatic N) is 1. The van der Waals surface area contributed by atoms with Crippen LogP contribution in [-0.2, 0) is 22.6 Å². The molecule has 0 heterocycles. The van der Waals surface area contributed by atoms with Crippen LogP contribution in [0, 0.1) is 0 Å². The molecule has 0 spiro atoms. The van der Waals surface area contributed by atoms with Crippen molar-refractivity contribution in [3.05, 3.63) is 70.7 Å². The van der Waals surface area contributed by atoms with Crippen molar-refractivity contribution in [1.82, 2.24) is 10.2 Å². The van der Waals surface area contributed by atoms with Crippen molar-refractivity contribution in [2.24, 2.45) is 0 Å². The molecule has 2 amide bonds. The van der Waals surface area contributed by atoms with Gasteiger partial charge in [-0.05, 0) is 43.4 Å². The van der Waals surface area contributed by atoms with E-state index in [0.29, 0.717) is 24.4 Å². The van der Waals surface area contributed by atoms with Gasteiger partial charge < -0.3 is 10.2 Å². The molecule has 154 valence electrons. The molecule has 5 heteroatoms. The number of benzene rings is 2. The molecule has 1 atom stereocenters. The number of rotatable bonds is 8. The summed E-state index contributed by atoms with van der Waals surface area (Å²) >= 11 is 6.33. The van der Waals surface area contributed by atoms with Gasteiger partial charge in [0.15, 0.2) is 0 Å². The molecule has 0 aromatic heterocycles. The van der Waals surface area contributed by atoms with Crippen molar-refractivity contribution in [2.45, 2.75) is 64.1 Å². The Bertz CT molecular complexity index is 819. The van der Waals surface area contributed by atoms with Crippen LogP contribution in [0.1, 0.15) is 50.2 Å². The molecule has 29 heavy (non-hydrogen) atoms. The number of aryl methyl sites for hydroxylation is 1. The fraction of sp³-hybridized carbons (Fsp3) is 0.417. The number of amides is 2. The lowest BCUT2D eigenvalue weighted by Gasteiger charge is -2.30. The van der Waals surface area contributed by atoms with Crippen LogP contribution in [0.25, 0.3) is 0 Å². The van der Waals surface area contributed by atoms with Crippen LogP contribution in [-0.4, -0.2) is 28.8 Å². The summed E-state index contributed by atoms with van der Waals surface area (Å²) in [4.78, 5) is 27.6. The van der Waals surface area contributed by atoms with E-state index in [1.807, 2.05) is 61.5 Å². The van der Waals surface area contributed by atoms with Crippen LogP contribution >= 0.6 is 11.6 Å². The standard InChI is InChI=1S/C24H29ClN2O2/c1-18(24(29)26-21-12-6-7-13-21)27(17-20-11-5-8-14-22(20)25)23(28)16-15-19-9-3-2-4-10-19/h2-5,8-11,14,18,21H,6-7,12-13,15-17H2,1H3,(H,26,29). The van der Waals surface area contributed by atoms with Gasteiger partial charge in [-0.3, -0.25) is 9.59 Å². The fourth-order valence-electron chi connectivity index (χ4n) is 3.82. The Kier molecular flexibility index (Phi) is 7.70. The second-order valence-electron chi connectivity index (χ2n) is 7.76. The minimum atomic E-state index is -0.546. The molecular weight excluding hydrogens is 384 g/mol. The molecule has 0 aliphatic heterocycles. The third kappa shape index (κ3) is 6.07. The number of nitrogens with one attached hydrogen (secondary N) is 1. The average Bonchev–Trinajstić information content (AvgIpc) is 3.24. The highest BCUT2D eigenvalue weighted by Gasteiger charge is 2.28. The first-order chi connectivity index (χ1) is 14.0. The van der Waals surface area contributed by atoms with E-state index in [2.05, 4.69) is 5.32 Å². The van der Waals surface area contributed by atoms with Gasteiger partial charge in [0.25, 0.3) is 0 Å². The molecule has 2 aromatic carbocycles. The summed E-state index contributed by atoms with van der Waals surface area (Å²) in [5.74, 6) is -0.125. The number of hydrogen-bond acceptors (Lipinski definition) is 2. The zero-order valence-corrected chi connectivity index (χ0v) is 17.7. The van der Waals surface area contributed by atoms with E-state index in [4.69, 9.17) is 11.6 Å². The lowest BCUT2D eigenvalue weighted by Crippen LogP contribution is -2.49. The quantitative estimate of drug-likeness (QED) is 0.680. The van der Waals surface area contributed by atoms with Crippen LogP contribution in [0.5, 0.6) is 0 Å². The Balaban J connectivity index is 1.71. The molecule has 2 aromatic rings. The van der Waals surface area contributed by atoms with Gasteiger partial charge >= 0.3 is 0 Å². The molecule has 0 radical (unpaired) electrons. The van der Waals surface area contributed by atoms with Crippen molar-refractivity contribution in [3.8, 4) is 0 Å². The van der Waals surface area contributed by atoms with Crippen LogP contribution < -0.4 is 5.32 Å². The van der Waals surface area contributed by atoms with Crippen molar-refractivity contribution in [3.63, 3.8) is 0 Å². The Hall–Kier alpha value is -2.33. The van der Waals surface area contributed by atoms with E-state index in [-0.39, 0.29) is 17.9 Å². The summed E-state index contributed by atoms with van der Waals surface area (Å²) in [5, 5.41) is 3.73. The maximum Gasteiger partial charge on any atom is 0.242 e. The molecule has 1 N–H and O–H groups in total. The Morgan fingerprint density at radius 1 is 1.07 bits per heavy atom. The van der Waals surface area contributed by atoms with Gasteiger partial charge in [0.1, 0.15) is 6.04 Å². The Labute approximate surface area is 178 Å². The summed E-state index contributed by atoms with van der Waals surface area (Å²) in [5.41, 5.74) is 1.96. The second kappa shape index (κ2) is 10.4. The van der Waals surface area contributed by atoms with Crippen LogP contribution in [0.15, 0.2) is 54.6 Å². The van der Waals surface area contributed by atoms with Gasteiger partial charge in [0.2, 0.25) is 11.8 Å². The van der Waals surface area contributed by atoms with Crippen LogP contribution in [0.3, 0.4) is 0 Å². The average molecular weight is 413 g/mol. The molecule has 1 aliphatic rings. The first-order valence-corrected chi connectivity index (χ1v) is 10.8. The topological polar surface area (TPSA) is 49.4 Å². The van der Waals surface area contributed by atoms with Gasteiger partial charge in [-0.25, -0.2) is 0 Å². The first-order valence-electron chi connectivity index (χ1n) is 10.4. The Morgan fingerprint density at radius 2 is 1.72 bits per heavy atom. The highest BCUT2D eigenvalue weighted by atomic mass is 35.5. The van der Waals surface area contributed by atoms with Gasteiger partial charge in [-0.15, -0.1) is 0 Å². The molecule has 0 bridgehead atoms. The van der Waals surface area contributed by atoms with Crippen molar-refractivity contribution in [1.29, 1.82) is 0 Å². The molecular formula is C24H29ClN2O2. The highest BCUT2D eigenvalue weighted by molar-refractivity contribution is 6.31. The number of carbonyl (C=O) groups is 2. The monoisotopic (exact) mass is 412 g/mol. The van der Waals surface area contributed by atoms with Gasteiger partial charge in [0.05, 0.1) is 0 Å². The van der Waals surface area contributed by atoms with E-state index >= 15 is 0 Å². The van der Waals surface area contributed by atoms with Crippen LogP contribution in [0.4, 0.5) is 0 Å². The summed E-state index contributed by atoms with van der Waals surface area (Å²) in [7, 11) is 0. The number of carbonyl (C=O) groups excluding carboxylic acids is 2. The molecule has 1 fully saturated rings. The lowest BCUT2D eigenvalue weighted by molar-refractivity contribution is -0.140. The summed E-state index contributed by atoms with van der Waals surface area (Å²) in [6.45, 7) is 2.13. The SMILES string of the molecule is CC(C(=O)NC1CCCC1)N(Cc1ccccc1Cl)C(=O)CCc1ccccc1. The maximum atomic E-state index is 13.1. The maximum absolute atomic E-state index is 13.1. The lowest BCUT2D eigenvalue weighted by atomic mass is 10.1. The minimum absolute atomic E-state index is 0.0390. The highest BCUT2D eigenvalue weighted by Crippen LogP contribution is 2.21. The molecule has 1 saturated carbocycles.